The van der Waals surface area contributed by atoms with Gasteiger partial charge in [-0.1, -0.05) is 0 Å². The lowest BCUT2D eigenvalue weighted by Crippen LogP contribution is -2.28. The van der Waals surface area contributed by atoms with Crippen molar-refractivity contribution >= 4 is 41.5 Å². The van der Waals surface area contributed by atoms with E-state index in [-0.39, 0.29) is 48.6 Å². The van der Waals surface area contributed by atoms with E-state index in [9.17, 15) is 31.1 Å². The number of rotatable bonds is 6. The summed E-state index contributed by atoms with van der Waals surface area (Å²) in [5.74, 6) is -1.02. The lowest BCUT2D eigenvalue weighted by atomic mass is 10.1. The molecule has 170 valence electrons. The number of anilines is 1. The molecule has 0 fully saturated rings. The normalized spacial score (nSPS) is 12.0. The highest BCUT2D eigenvalue weighted by atomic mass is 127. The number of amides is 1. The molecule has 4 N–H and O–H groups in total. The summed E-state index contributed by atoms with van der Waals surface area (Å²) in [4.78, 5) is 15.8. The Morgan fingerprint density at radius 1 is 0.968 bits per heavy atom. The van der Waals surface area contributed by atoms with Crippen LogP contribution < -0.4 is 21.1 Å². The van der Waals surface area contributed by atoms with E-state index in [1.54, 1.807) is 0 Å². The summed E-state index contributed by atoms with van der Waals surface area (Å²) in [6.45, 7) is 0.112. The van der Waals surface area contributed by atoms with Crippen LogP contribution >= 0.6 is 24.0 Å². The fourth-order valence-electron chi connectivity index (χ4n) is 2.19. The summed E-state index contributed by atoms with van der Waals surface area (Å²) in [7, 11) is 0. The first-order valence-electron chi connectivity index (χ1n) is 8.32. The molecule has 6 nitrogen and oxygen atoms in total. The number of nitrogens with two attached hydrogens (primary N) is 1. The van der Waals surface area contributed by atoms with Gasteiger partial charge >= 0.3 is 12.5 Å². The number of nitrogens with zero attached hydrogens (tertiary/aromatic N) is 1. The van der Waals surface area contributed by atoms with Gasteiger partial charge in [0.25, 0.3) is 5.91 Å². The summed E-state index contributed by atoms with van der Waals surface area (Å²) in [6, 6.07) is 8.51. The number of guanidine groups is 1. The number of alkyl halides is 6. The van der Waals surface area contributed by atoms with Crippen LogP contribution in [0.1, 0.15) is 15.9 Å². The first-order valence-corrected chi connectivity index (χ1v) is 8.32. The zero-order valence-electron chi connectivity index (χ0n) is 15.6. The summed E-state index contributed by atoms with van der Waals surface area (Å²) < 4.78 is 77.6. The molecule has 2 aromatic carbocycles. The van der Waals surface area contributed by atoms with Gasteiger partial charge in [-0.05, 0) is 48.5 Å². The number of halogens is 7. The molecular formula is C18H17F6IN4O2. The number of carbonyl (C=O) groups excluding carboxylic acids is 1. The van der Waals surface area contributed by atoms with E-state index in [4.69, 9.17) is 5.73 Å². The van der Waals surface area contributed by atoms with E-state index in [0.29, 0.717) is 5.69 Å². The van der Waals surface area contributed by atoms with Gasteiger partial charge in [0.15, 0.2) is 5.96 Å². The molecule has 0 aliphatic rings. The first-order chi connectivity index (χ1) is 13.9. The Morgan fingerprint density at radius 2 is 1.55 bits per heavy atom. The Hall–Kier alpha value is -2.71. The molecule has 0 aliphatic carbocycles. The number of carbonyl (C=O) groups is 1. The second kappa shape index (κ2) is 11.1. The Balaban J connectivity index is 0.00000480. The maximum Gasteiger partial charge on any atom is 0.573 e. The number of ether oxygens (including phenoxy) is 1. The second-order valence-corrected chi connectivity index (χ2v) is 5.80. The molecule has 0 saturated carbocycles. The third-order valence-corrected chi connectivity index (χ3v) is 3.51. The molecule has 0 aliphatic heterocycles. The Kier molecular flexibility index (Phi) is 9.40. The van der Waals surface area contributed by atoms with Gasteiger partial charge < -0.3 is 21.1 Å². The van der Waals surface area contributed by atoms with E-state index >= 15 is 0 Å². The van der Waals surface area contributed by atoms with Crippen LogP contribution in [-0.4, -0.2) is 31.3 Å². The van der Waals surface area contributed by atoms with Gasteiger partial charge in [-0.3, -0.25) is 9.79 Å². The molecule has 2 aromatic rings. The number of benzene rings is 2. The molecule has 13 heteroatoms. The van der Waals surface area contributed by atoms with Gasteiger partial charge in [0.1, 0.15) is 5.75 Å². The Morgan fingerprint density at radius 3 is 2.06 bits per heavy atom. The standard InChI is InChI=1S/C18H16F6N4O2.HI/c19-17(20,21)12-3-1-11(2-4-12)15(29)26-9-10-27-16(25)28-13-5-7-14(8-6-13)30-18(22,23)24;/h1-8H,9-10H2,(H,26,29)(H3,25,27,28);1H. The van der Waals surface area contributed by atoms with Gasteiger partial charge in [0.2, 0.25) is 0 Å². The minimum absolute atomic E-state index is 0. The van der Waals surface area contributed by atoms with Crippen LogP contribution in [0.3, 0.4) is 0 Å². The van der Waals surface area contributed by atoms with Crippen LogP contribution in [0.4, 0.5) is 32.0 Å². The summed E-state index contributed by atoms with van der Waals surface area (Å²) >= 11 is 0. The smallest absolute Gasteiger partial charge is 0.406 e. The summed E-state index contributed by atoms with van der Waals surface area (Å²) in [5.41, 5.74) is 5.19. The molecule has 31 heavy (non-hydrogen) atoms. The van der Waals surface area contributed by atoms with Gasteiger partial charge in [-0.15, -0.1) is 37.1 Å². The molecule has 0 heterocycles. The summed E-state index contributed by atoms with van der Waals surface area (Å²) in [6.07, 6.45) is -9.28. The zero-order valence-corrected chi connectivity index (χ0v) is 17.9. The SMILES string of the molecule is I.NC(=NCCNC(=O)c1ccc(C(F)(F)F)cc1)Nc1ccc(OC(F)(F)F)cc1. The molecule has 0 spiro atoms. The fourth-order valence-corrected chi connectivity index (χ4v) is 2.19. The fraction of sp³-hybridized carbons (Fsp3) is 0.222. The van der Waals surface area contributed by atoms with Gasteiger partial charge in [0, 0.05) is 17.8 Å². The monoisotopic (exact) mass is 562 g/mol. The average molecular weight is 562 g/mol. The van der Waals surface area contributed by atoms with Crippen LogP contribution in [0.15, 0.2) is 53.5 Å². The van der Waals surface area contributed by atoms with Gasteiger partial charge in [-0.25, -0.2) is 0 Å². The Bertz CT molecular complexity index is 884. The van der Waals surface area contributed by atoms with Crippen molar-refractivity contribution in [2.24, 2.45) is 10.7 Å². The molecule has 0 unspecified atom stereocenters. The van der Waals surface area contributed by atoms with Crippen molar-refractivity contribution in [3.63, 3.8) is 0 Å². The minimum atomic E-state index is -4.79. The van der Waals surface area contributed by atoms with E-state index in [1.165, 1.54) is 12.1 Å². The highest BCUT2D eigenvalue weighted by molar-refractivity contribution is 14.0. The van der Waals surface area contributed by atoms with Crippen molar-refractivity contribution in [1.29, 1.82) is 0 Å². The molecule has 2 rings (SSSR count). The number of hydrogen-bond donors (Lipinski definition) is 3. The predicted octanol–water partition coefficient (Wildman–Crippen LogP) is 4.38. The van der Waals surface area contributed by atoms with E-state index in [0.717, 1.165) is 36.4 Å². The summed E-state index contributed by atoms with van der Waals surface area (Å²) in [5, 5.41) is 5.12. The predicted molar refractivity (Wildman–Crippen MR) is 112 cm³/mol. The number of aliphatic imine (C=N–C) groups is 1. The highest BCUT2D eigenvalue weighted by Crippen LogP contribution is 2.29. The minimum Gasteiger partial charge on any atom is -0.406 e. The van der Waals surface area contributed by atoms with Crippen molar-refractivity contribution < 1.29 is 35.9 Å². The second-order valence-electron chi connectivity index (χ2n) is 5.80. The lowest BCUT2D eigenvalue weighted by Gasteiger charge is -2.10. The van der Waals surface area contributed by atoms with Gasteiger partial charge in [0.05, 0.1) is 12.1 Å². The van der Waals surface area contributed by atoms with Crippen molar-refractivity contribution in [3.05, 3.63) is 59.7 Å². The van der Waals surface area contributed by atoms with E-state index in [1.807, 2.05) is 0 Å². The zero-order chi connectivity index (χ0) is 22.4. The lowest BCUT2D eigenvalue weighted by molar-refractivity contribution is -0.274. The van der Waals surface area contributed by atoms with E-state index < -0.39 is 29.8 Å². The topological polar surface area (TPSA) is 88.7 Å². The van der Waals surface area contributed by atoms with E-state index in [2.05, 4.69) is 20.4 Å². The molecule has 0 radical (unpaired) electrons. The van der Waals surface area contributed by atoms with Crippen LogP contribution in [0.2, 0.25) is 0 Å². The highest BCUT2D eigenvalue weighted by Gasteiger charge is 2.31. The number of nitrogens with one attached hydrogen (secondary N) is 2. The molecular weight excluding hydrogens is 545 g/mol. The molecule has 0 bridgehead atoms. The molecule has 1 amide bonds. The van der Waals surface area contributed by atoms with Crippen LogP contribution in [0, 0.1) is 0 Å². The van der Waals surface area contributed by atoms with Crippen LogP contribution in [0.25, 0.3) is 0 Å². The average Bonchev–Trinajstić information content (AvgIpc) is 2.65. The molecule has 0 aromatic heterocycles. The largest absolute Gasteiger partial charge is 0.573 e. The van der Waals surface area contributed by atoms with Crippen molar-refractivity contribution in [2.75, 3.05) is 18.4 Å². The maximum atomic E-state index is 12.5. The van der Waals surface area contributed by atoms with Crippen molar-refractivity contribution in [3.8, 4) is 5.75 Å². The number of hydrogen-bond acceptors (Lipinski definition) is 3. The van der Waals surface area contributed by atoms with Crippen molar-refractivity contribution in [2.45, 2.75) is 12.5 Å². The first kappa shape index (κ1) is 26.3. The third kappa shape index (κ3) is 9.31. The quantitative estimate of drug-likeness (QED) is 0.161. The third-order valence-electron chi connectivity index (χ3n) is 3.51. The Labute approximate surface area is 189 Å². The maximum absolute atomic E-state index is 12.5. The van der Waals surface area contributed by atoms with Gasteiger partial charge in [-0.2, -0.15) is 13.2 Å². The molecule has 0 saturated heterocycles. The molecule has 0 atom stereocenters. The van der Waals surface area contributed by atoms with Crippen LogP contribution in [-0.2, 0) is 6.18 Å². The van der Waals surface area contributed by atoms with Crippen molar-refractivity contribution in [1.82, 2.24) is 5.32 Å². The van der Waals surface area contributed by atoms with Crippen LogP contribution in [0.5, 0.6) is 5.75 Å².